The fourth-order valence-electron chi connectivity index (χ4n) is 1.39. The number of halogens is 3. The molecular weight excluding hydrogens is 273 g/mol. The van der Waals surface area contributed by atoms with Crippen LogP contribution in [0.25, 0.3) is 0 Å². The zero-order chi connectivity index (χ0) is 15.2. The summed E-state index contributed by atoms with van der Waals surface area (Å²) in [4.78, 5) is 11.6. The molecule has 0 saturated carbocycles. The van der Waals surface area contributed by atoms with Gasteiger partial charge in [0.1, 0.15) is 0 Å². The zero-order valence-electron chi connectivity index (χ0n) is 11.3. The second-order valence-electron chi connectivity index (χ2n) is 4.28. The first-order valence-electron chi connectivity index (χ1n) is 6.20. The van der Waals surface area contributed by atoms with E-state index in [0.717, 1.165) is 12.5 Å². The molecule has 1 amide bonds. The summed E-state index contributed by atoms with van der Waals surface area (Å²) in [6.07, 6.45) is -3.95. The topological polar surface area (TPSA) is 50.4 Å². The van der Waals surface area contributed by atoms with E-state index in [2.05, 4.69) is 15.4 Å². The summed E-state index contributed by atoms with van der Waals surface area (Å²) in [6, 6.07) is 5.56. The van der Waals surface area contributed by atoms with Gasteiger partial charge in [0.15, 0.2) is 5.75 Å². The van der Waals surface area contributed by atoms with E-state index < -0.39 is 18.0 Å². The summed E-state index contributed by atoms with van der Waals surface area (Å²) in [6.45, 7) is 3.89. The first-order chi connectivity index (χ1) is 9.31. The number of anilines is 1. The van der Waals surface area contributed by atoms with Crippen molar-refractivity contribution in [3.63, 3.8) is 0 Å². The average molecular weight is 290 g/mol. The lowest BCUT2D eigenvalue weighted by molar-refractivity contribution is -0.274. The van der Waals surface area contributed by atoms with Crippen molar-refractivity contribution in [2.24, 2.45) is 0 Å². The Labute approximate surface area is 115 Å². The van der Waals surface area contributed by atoms with Crippen molar-refractivity contribution < 1.29 is 22.7 Å². The molecule has 1 atom stereocenters. The van der Waals surface area contributed by atoms with Crippen LogP contribution in [-0.4, -0.2) is 24.9 Å². The summed E-state index contributed by atoms with van der Waals surface area (Å²) in [5.41, 5.74) is -0.0132. The molecule has 0 aromatic heterocycles. The third-order valence-corrected chi connectivity index (χ3v) is 2.61. The SMILES string of the molecule is CCC(C)NCC(=O)Nc1ccccc1OC(F)(F)F. The molecular formula is C13H17F3N2O2. The van der Waals surface area contributed by atoms with E-state index in [1.807, 2.05) is 13.8 Å². The summed E-state index contributed by atoms with van der Waals surface area (Å²) in [5, 5.41) is 5.33. The monoisotopic (exact) mass is 290 g/mol. The third kappa shape index (κ3) is 5.92. The van der Waals surface area contributed by atoms with Crippen LogP contribution in [0.1, 0.15) is 20.3 Å². The Morgan fingerprint density at radius 1 is 1.35 bits per heavy atom. The zero-order valence-corrected chi connectivity index (χ0v) is 11.3. The van der Waals surface area contributed by atoms with Gasteiger partial charge < -0.3 is 15.4 Å². The van der Waals surface area contributed by atoms with E-state index in [1.165, 1.54) is 18.2 Å². The molecule has 0 fully saturated rings. The van der Waals surface area contributed by atoms with E-state index in [-0.39, 0.29) is 18.3 Å². The maximum atomic E-state index is 12.2. The number of hydrogen-bond donors (Lipinski definition) is 2. The van der Waals surface area contributed by atoms with E-state index in [9.17, 15) is 18.0 Å². The van der Waals surface area contributed by atoms with Crippen molar-refractivity contribution in [3.8, 4) is 5.75 Å². The number of para-hydroxylation sites is 2. The standard InChI is InChI=1S/C13H17F3N2O2/c1-3-9(2)17-8-12(19)18-10-6-4-5-7-11(10)20-13(14,15)16/h4-7,9,17H,3,8H2,1-2H3,(H,18,19). The molecule has 7 heteroatoms. The van der Waals surface area contributed by atoms with Crippen LogP contribution in [0.4, 0.5) is 18.9 Å². The number of amides is 1. The van der Waals surface area contributed by atoms with Gasteiger partial charge in [-0.1, -0.05) is 19.1 Å². The highest BCUT2D eigenvalue weighted by molar-refractivity contribution is 5.93. The predicted octanol–water partition coefficient (Wildman–Crippen LogP) is 2.91. The van der Waals surface area contributed by atoms with Gasteiger partial charge in [0.25, 0.3) is 0 Å². The Morgan fingerprint density at radius 2 is 2.00 bits per heavy atom. The van der Waals surface area contributed by atoms with Gasteiger partial charge in [-0.3, -0.25) is 4.79 Å². The quantitative estimate of drug-likeness (QED) is 0.847. The number of alkyl halides is 3. The van der Waals surface area contributed by atoms with Gasteiger partial charge in [-0.2, -0.15) is 0 Å². The molecule has 0 radical (unpaired) electrons. The number of carbonyl (C=O) groups excluding carboxylic acids is 1. The molecule has 0 aliphatic rings. The van der Waals surface area contributed by atoms with Crippen molar-refractivity contribution in [2.75, 3.05) is 11.9 Å². The highest BCUT2D eigenvalue weighted by atomic mass is 19.4. The number of ether oxygens (including phenoxy) is 1. The third-order valence-electron chi connectivity index (χ3n) is 2.61. The number of benzene rings is 1. The second-order valence-corrected chi connectivity index (χ2v) is 4.28. The van der Waals surface area contributed by atoms with Crippen LogP contribution in [0.15, 0.2) is 24.3 Å². The summed E-state index contributed by atoms with van der Waals surface area (Å²) >= 11 is 0. The Kier molecular flexibility index (Phi) is 5.82. The Balaban J connectivity index is 2.65. The van der Waals surface area contributed by atoms with Crippen molar-refractivity contribution in [3.05, 3.63) is 24.3 Å². The predicted molar refractivity (Wildman–Crippen MR) is 69.5 cm³/mol. The molecule has 0 heterocycles. The van der Waals surface area contributed by atoms with Gasteiger partial charge in [-0.15, -0.1) is 13.2 Å². The fourth-order valence-corrected chi connectivity index (χ4v) is 1.39. The Morgan fingerprint density at radius 3 is 2.60 bits per heavy atom. The summed E-state index contributed by atoms with van der Waals surface area (Å²) < 4.78 is 40.5. The number of nitrogens with one attached hydrogen (secondary N) is 2. The molecule has 112 valence electrons. The average Bonchev–Trinajstić information content (AvgIpc) is 2.36. The molecule has 2 N–H and O–H groups in total. The molecule has 1 unspecified atom stereocenters. The lowest BCUT2D eigenvalue weighted by Crippen LogP contribution is -2.34. The molecule has 1 aromatic rings. The van der Waals surface area contributed by atoms with E-state index in [0.29, 0.717) is 0 Å². The van der Waals surface area contributed by atoms with Crippen molar-refractivity contribution in [1.82, 2.24) is 5.32 Å². The molecule has 20 heavy (non-hydrogen) atoms. The Hall–Kier alpha value is -1.76. The van der Waals surface area contributed by atoms with Gasteiger partial charge in [0, 0.05) is 6.04 Å². The van der Waals surface area contributed by atoms with Crippen LogP contribution in [0.3, 0.4) is 0 Å². The van der Waals surface area contributed by atoms with Crippen LogP contribution in [0.5, 0.6) is 5.75 Å². The molecule has 1 aromatic carbocycles. The highest BCUT2D eigenvalue weighted by Crippen LogP contribution is 2.29. The van der Waals surface area contributed by atoms with Crippen LogP contribution < -0.4 is 15.4 Å². The van der Waals surface area contributed by atoms with Crippen LogP contribution in [0.2, 0.25) is 0 Å². The summed E-state index contributed by atoms with van der Waals surface area (Å²) in [5.74, 6) is -0.861. The largest absolute Gasteiger partial charge is 0.573 e. The minimum Gasteiger partial charge on any atom is -0.404 e. The van der Waals surface area contributed by atoms with Gasteiger partial charge in [0.2, 0.25) is 5.91 Å². The Bertz CT molecular complexity index is 449. The minimum atomic E-state index is -4.80. The minimum absolute atomic E-state index is 0.0132. The van der Waals surface area contributed by atoms with E-state index in [4.69, 9.17) is 0 Å². The number of rotatable bonds is 6. The molecule has 4 nitrogen and oxygen atoms in total. The van der Waals surface area contributed by atoms with Gasteiger partial charge >= 0.3 is 6.36 Å². The van der Waals surface area contributed by atoms with Crippen molar-refractivity contribution >= 4 is 11.6 Å². The maximum Gasteiger partial charge on any atom is 0.573 e. The summed E-state index contributed by atoms with van der Waals surface area (Å²) in [7, 11) is 0. The first kappa shape index (κ1) is 16.3. The lowest BCUT2D eigenvalue weighted by Gasteiger charge is -2.15. The van der Waals surface area contributed by atoms with Gasteiger partial charge in [-0.25, -0.2) is 0 Å². The lowest BCUT2D eigenvalue weighted by atomic mass is 10.2. The second kappa shape index (κ2) is 7.14. The smallest absolute Gasteiger partial charge is 0.404 e. The fraction of sp³-hybridized carbons (Fsp3) is 0.462. The van der Waals surface area contributed by atoms with Crippen LogP contribution >= 0.6 is 0 Å². The molecule has 0 aliphatic carbocycles. The number of hydrogen-bond acceptors (Lipinski definition) is 3. The van der Waals surface area contributed by atoms with Crippen LogP contribution in [-0.2, 0) is 4.79 Å². The number of carbonyl (C=O) groups is 1. The van der Waals surface area contributed by atoms with Gasteiger partial charge in [-0.05, 0) is 25.5 Å². The first-order valence-corrected chi connectivity index (χ1v) is 6.20. The molecule has 0 bridgehead atoms. The van der Waals surface area contributed by atoms with Crippen LogP contribution in [0, 0.1) is 0 Å². The maximum absolute atomic E-state index is 12.2. The molecule has 0 saturated heterocycles. The molecule has 0 spiro atoms. The molecule has 1 rings (SSSR count). The van der Waals surface area contributed by atoms with Crippen molar-refractivity contribution in [2.45, 2.75) is 32.7 Å². The van der Waals surface area contributed by atoms with E-state index >= 15 is 0 Å². The van der Waals surface area contributed by atoms with E-state index in [1.54, 1.807) is 0 Å². The molecule has 0 aliphatic heterocycles. The van der Waals surface area contributed by atoms with Crippen molar-refractivity contribution in [1.29, 1.82) is 0 Å². The normalized spacial score (nSPS) is 12.8. The van der Waals surface area contributed by atoms with Gasteiger partial charge in [0.05, 0.1) is 12.2 Å². The highest BCUT2D eigenvalue weighted by Gasteiger charge is 2.32.